The number of aliphatic imine (C=N–C) groups is 1. The van der Waals surface area contributed by atoms with Crippen LogP contribution in [0.1, 0.15) is 16.8 Å². The number of rotatable bonds is 1. The maximum absolute atomic E-state index is 4.47. The Labute approximate surface area is 117 Å². The van der Waals surface area contributed by atoms with E-state index in [2.05, 4.69) is 65.4 Å². The van der Waals surface area contributed by atoms with E-state index in [1.807, 2.05) is 12.3 Å². The second kappa shape index (κ2) is 4.20. The van der Waals surface area contributed by atoms with E-state index in [-0.39, 0.29) is 0 Å². The fourth-order valence-corrected chi connectivity index (χ4v) is 2.79. The van der Waals surface area contributed by atoms with Gasteiger partial charge in [0.2, 0.25) is 0 Å². The summed E-state index contributed by atoms with van der Waals surface area (Å²) < 4.78 is 0. The average molecular weight is 258 g/mol. The number of H-pyrrole nitrogens is 1. The second-order valence-corrected chi connectivity index (χ2v) is 5.08. The van der Waals surface area contributed by atoms with Crippen LogP contribution in [0.3, 0.4) is 0 Å². The Balaban J connectivity index is 1.92. The zero-order valence-electron chi connectivity index (χ0n) is 11.2. The van der Waals surface area contributed by atoms with Crippen molar-refractivity contribution in [3.05, 3.63) is 65.4 Å². The third-order valence-electron chi connectivity index (χ3n) is 3.80. The average Bonchev–Trinajstić information content (AvgIpc) is 3.02. The number of allylic oxidation sites excluding steroid dienone is 1. The van der Waals surface area contributed by atoms with Gasteiger partial charge in [0.25, 0.3) is 0 Å². The number of fused-ring (bicyclic) bond motifs is 2. The first-order chi connectivity index (χ1) is 9.83. The molecular weight excluding hydrogens is 244 g/mol. The van der Waals surface area contributed by atoms with Crippen LogP contribution in [0, 0.1) is 6.92 Å². The fraction of sp³-hybridized carbons (Fsp3) is 0.0556. The Morgan fingerprint density at radius 3 is 2.75 bits per heavy atom. The molecule has 1 aromatic heterocycles. The lowest BCUT2D eigenvalue weighted by Gasteiger charge is -2.00. The van der Waals surface area contributed by atoms with Crippen molar-refractivity contribution in [1.82, 2.24) is 4.98 Å². The highest BCUT2D eigenvalue weighted by molar-refractivity contribution is 6.22. The van der Waals surface area contributed by atoms with Crippen LogP contribution in [0.25, 0.3) is 22.6 Å². The van der Waals surface area contributed by atoms with Gasteiger partial charge in [-0.25, -0.2) is 0 Å². The molecule has 96 valence electrons. The summed E-state index contributed by atoms with van der Waals surface area (Å²) in [7, 11) is 0. The topological polar surface area (TPSA) is 28.1 Å². The second-order valence-electron chi connectivity index (χ2n) is 5.08. The van der Waals surface area contributed by atoms with E-state index < -0.39 is 0 Å². The number of benzene rings is 2. The maximum atomic E-state index is 4.47. The Hall–Kier alpha value is -2.61. The van der Waals surface area contributed by atoms with E-state index in [0.717, 1.165) is 5.69 Å². The molecule has 1 aliphatic heterocycles. The SMILES string of the molecule is Cc1[nH]c2ccccc2c1/C=C1\C=Nc2ccccc21. The Morgan fingerprint density at radius 1 is 1.00 bits per heavy atom. The van der Waals surface area contributed by atoms with Gasteiger partial charge in [-0.3, -0.25) is 4.99 Å². The summed E-state index contributed by atoms with van der Waals surface area (Å²) >= 11 is 0. The van der Waals surface area contributed by atoms with Gasteiger partial charge in [0.15, 0.2) is 0 Å². The molecule has 0 fully saturated rings. The number of para-hydroxylation sites is 2. The molecule has 0 spiro atoms. The van der Waals surface area contributed by atoms with Crippen molar-refractivity contribution >= 4 is 34.5 Å². The van der Waals surface area contributed by atoms with E-state index in [1.165, 1.54) is 33.3 Å². The number of hydrogen-bond donors (Lipinski definition) is 1. The summed E-state index contributed by atoms with van der Waals surface area (Å²) in [6, 6.07) is 16.7. The monoisotopic (exact) mass is 258 g/mol. The van der Waals surface area contributed by atoms with E-state index in [4.69, 9.17) is 0 Å². The minimum Gasteiger partial charge on any atom is -0.358 e. The smallest absolute Gasteiger partial charge is 0.0708 e. The van der Waals surface area contributed by atoms with Crippen molar-refractivity contribution in [3.63, 3.8) is 0 Å². The standard InChI is InChI=1S/C18H14N2/c1-12-16(15-7-3-5-9-18(15)20-12)10-13-11-19-17-8-4-2-6-14(13)17/h2-11,20H,1H3/b13-10+. The molecule has 3 aromatic rings. The molecular formula is C18H14N2. The van der Waals surface area contributed by atoms with Gasteiger partial charge in [0.1, 0.15) is 0 Å². The lowest BCUT2D eigenvalue weighted by atomic mass is 10.0. The van der Waals surface area contributed by atoms with Crippen LogP contribution in [-0.2, 0) is 0 Å². The molecule has 0 saturated heterocycles. The normalized spacial score (nSPS) is 15.2. The van der Waals surface area contributed by atoms with Gasteiger partial charge in [0, 0.05) is 39.5 Å². The van der Waals surface area contributed by atoms with Crippen molar-refractivity contribution in [2.45, 2.75) is 6.92 Å². The minimum absolute atomic E-state index is 1.05. The molecule has 2 aromatic carbocycles. The molecule has 2 nitrogen and oxygen atoms in total. The van der Waals surface area contributed by atoms with Crippen LogP contribution in [0.2, 0.25) is 0 Å². The highest BCUT2D eigenvalue weighted by atomic mass is 14.8. The molecule has 1 aliphatic rings. The van der Waals surface area contributed by atoms with Gasteiger partial charge < -0.3 is 4.98 Å². The Bertz CT molecular complexity index is 866. The van der Waals surface area contributed by atoms with Gasteiger partial charge in [-0.15, -0.1) is 0 Å². The Morgan fingerprint density at radius 2 is 1.80 bits per heavy atom. The first-order valence-corrected chi connectivity index (χ1v) is 6.75. The van der Waals surface area contributed by atoms with Crippen LogP contribution in [0.5, 0.6) is 0 Å². The first-order valence-electron chi connectivity index (χ1n) is 6.75. The van der Waals surface area contributed by atoms with Gasteiger partial charge in [0.05, 0.1) is 5.69 Å². The van der Waals surface area contributed by atoms with Gasteiger partial charge in [-0.2, -0.15) is 0 Å². The molecule has 0 radical (unpaired) electrons. The lowest BCUT2D eigenvalue weighted by Crippen LogP contribution is -1.82. The predicted molar refractivity (Wildman–Crippen MR) is 85.5 cm³/mol. The first kappa shape index (κ1) is 11.2. The van der Waals surface area contributed by atoms with E-state index in [0.29, 0.717) is 0 Å². The summed E-state index contributed by atoms with van der Waals surface area (Å²) in [4.78, 5) is 7.90. The maximum Gasteiger partial charge on any atom is 0.0708 e. The van der Waals surface area contributed by atoms with E-state index in [9.17, 15) is 0 Å². The van der Waals surface area contributed by atoms with Crippen molar-refractivity contribution in [3.8, 4) is 0 Å². The molecule has 4 rings (SSSR count). The fourth-order valence-electron chi connectivity index (χ4n) is 2.79. The third kappa shape index (κ3) is 1.62. The predicted octanol–water partition coefficient (Wildman–Crippen LogP) is 4.73. The number of nitrogens with zero attached hydrogens (tertiary/aromatic N) is 1. The number of nitrogens with one attached hydrogen (secondary N) is 1. The third-order valence-corrected chi connectivity index (χ3v) is 3.80. The van der Waals surface area contributed by atoms with Crippen molar-refractivity contribution in [2.75, 3.05) is 0 Å². The Kier molecular flexibility index (Phi) is 2.36. The molecule has 1 N–H and O–H groups in total. The molecule has 0 saturated carbocycles. The lowest BCUT2D eigenvalue weighted by molar-refractivity contribution is 1.29. The summed E-state index contributed by atoms with van der Waals surface area (Å²) in [6.45, 7) is 2.12. The molecule has 0 bridgehead atoms. The van der Waals surface area contributed by atoms with Crippen LogP contribution < -0.4 is 0 Å². The zero-order chi connectivity index (χ0) is 13.5. The van der Waals surface area contributed by atoms with Crippen molar-refractivity contribution in [2.24, 2.45) is 4.99 Å². The molecule has 2 heterocycles. The number of aromatic amines is 1. The van der Waals surface area contributed by atoms with E-state index in [1.54, 1.807) is 0 Å². The van der Waals surface area contributed by atoms with Gasteiger partial charge >= 0.3 is 0 Å². The number of hydrogen-bond acceptors (Lipinski definition) is 1. The molecule has 0 unspecified atom stereocenters. The number of aryl methyl sites for hydroxylation is 1. The van der Waals surface area contributed by atoms with Crippen LogP contribution >= 0.6 is 0 Å². The molecule has 2 heteroatoms. The van der Waals surface area contributed by atoms with Crippen LogP contribution in [0.4, 0.5) is 5.69 Å². The largest absolute Gasteiger partial charge is 0.358 e. The summed E-state index contributed by atoms with van der Waals surface area (Å²) in [5.74, 6) is 0. The molecule has 0 aliphatic carbocycles. The van der Waals surface area contributed by atoms with Crippen LogP contribution in [-0.4, -0.2) is 11.2 Å². The summed E-state index contributed by atoms with van der Waals surface area (Å²) in [5.41, 5.74) is 7.05. The van der Waals surface area contributed by atoms with Crippen molar-refractivity contribution in [1.29, 1.82) is 0 Å². The highest BCUT2D eigenvalue weighted by Crippen LogP contribution is 2.34. The van der Waals surface area contributed by atoms with Crippen molar-refractivity contribution < 1.29 is 0 Å². The summed E-state index contributed by atoms with van der Waals surface area (Å²) in [5, 5.41) is 1.26. The van der Waals surface area contributed by atoms with Gasteiger partial charge in [-0.1, -0.05) is 36.4 Å². The summed E-state index contributed by atoms with van der Waals surface area (Å²) in [6.07, 6.45) is 4.18. The molecule has 0 atom stereocenters. The number of aromatic nitrogens is 1. The van der Waals surface area contributed by atoms with Gasteiger partial charge in [-0.05, 0) is 25.1 Å². The van der Waals surface area contributed by atoms with E-state index >= 15 is 0 Å². The zero-order valence-corrected chi connectivity index (χ0v) is 11.2. The quantitative estimate of drug-likeness (QED) is 0.653. The molecule has 20 heavy (non-hydrogen) atoms. The molecule has 0 amide bonds. The minimum atomic E-state index is 1.05. The highest BCUT2D eigenvalue weighted by Gasteiger charge is 2.13. The van der Waals surface area contributed by atoms with Crippen LogP contribution in [0.15, 0.2) is 53.5 Å².